The zero-order valence-electron chi connectivity index (χ0n) is 11.3. The van der Waals surface area contributed by atoms with E-state index in [1.165, 1.54) is 16.0 Å². The molecule has 1 nitrogen and oxygen atoms in total. The molecular weight excluding hydrogens is 342 g/mol. The molecule has 0 fully saturated rings. The second-order valence-corrected chi connectivity index (χ2v) is 7.16. The van der Waals surface area contributed by atoms with Crippen molar-refractivity contribution < 1.29 is 0 Å². The van der Waals surface area contributed by atoms with Gasteiger partial charge in [0.2, 0.25) is 0 Å². The van der Waals surface area contributed by atoms with Gasteiger partial charge in [-0.3, -0.25) is 0 Å². The first kappa shape index (κ1) is 15.0. The number of thiophene rings is 1. The van der Waals surface area contributed by atoms with Crippen molar-refractivity contribution in [3.05, 3.63) is 54.6 Å². The van der Waals surface area contributed by atoms with Crippen LogP contribution in [-0.4, -0.2) is 6.54 Å². The average molecular weight is 359 g/mol. The number of halogens is 2. The van der Waals surface area contributed by atoms with Gasteiger partial charge < -0.3 is 5.32 Å². The minimum Gasteiger partial charge on any atom is -0.306 e. The number of aryl methyl sites for hydroxylation is 2. The highest BCUT2D eigenvalue weighted by Crippen LogP contribution is 2.36. The van der Waals surface area contributed by atoms with Crippen molar-refractivity contribution in [2.45, 2.75) is 26.8 Å². The predicted molar refractivity (Wildman–Crippen MR) is 88.5 cm³/mol. The van der Waals surface area contributed by atoms with E-state index < -0.39 is 0 Å². The van der Waals surface area contributed by atoms with E-state index in [1.807, 2.05) is 0 Å². The van der Waals surface area contributed by atoms with Gasteiger partial charge in [-0.1, -0.05) is 52.2 Å². The van der Waals surface area contributed by atoms with Crippen molar-refractivity contribution >= 4 is 38.9 Å². The maximum atomic E-state index is 6.21. The van der Waals surface area contributed by atoms with Crippen molar-refractivity contribution in [1.29, 1.82) is 0 Å². The molecule has 1 heterocycles. The lowest BCUT2D eigenvalue weighted by molar-refractivity contribution is 0.637. The maximum absolute atomic E-state index is 6.21. The fourth-order valence-corrected chi connectivity index (χ4v) is 3.87. The van der Waals surface area contributed by atoms with Gasteiger partial charge in [0.25, 0.3) is 0 Å². The Morgan fingerprint density at radius 1 is 1.32 bits per heavy atom. The molecule has 0 bridgehead atoms. The second kappa shape index (κ2) is 6.40. The molecule has 1 aromatic heterocycles. The van der Waals surface area contributed by atoms with Crippen LogP contribution in [0.2, 0.25) is 4.34 Å². The summed E-state index contributed by atoms with van der Waals surface area (Å²) in [5.41, 5.74) is 3.67. The lowest BCUT2D eigenvalue weighted by Crippen LogP contribution is -2.21. The van der Waals surface area contributed by atoms with E-state index in [2.05, 4.69) is 66.3 Å². The Morgan fingerprint density at radius 2 is 2.05 bits per heavy atom. The highest BCUT2D eigenvalue weighted by Gasteiger charge is 2.19. The Bertz CT molecular complexity index is 560. The van der Waals surface area contributed by atoms with Gasteiger partial charge in [0, 0.05) is 9.35 Å². The van der Waals surface area contributed by atoms with Crippen LogP contribution in [0.3, 0.4) is 0 Å². The van der Waals surface area contributed by atoms with Crippen LogP contribution in [-0.2, 0) is 0 Å². The number of hydrogen-bond acceptors (Lipinski definition) is 2. The zero-order chi connectivity index (χ0) is 14.0. The van der Waals surface area contributed by atoms with Gasteiger partial charge in [-0.25, -0.2) is 0 Å². The molecule has 102 valence electrons. The number of benzene rings is 1. The number of hydrogen-bond donors (Lipinski definition) is 1. The minimum atomic E-state index is 0.190. The third kappa shape index (κ3) is 3.40. The Labute approximate surface area is 132 Å². The first-order valence-corrected chi connectivity index (χ1v) is 8.27. The molecule has 1 unspecified atom stereocenters. The van der Waals surface area contributed by atoms with Gasteiger partial charge in [0.15, 0.2) is 0 Å². The van der Waals surface area contributed by atoms with Crippen LogP contribution in [0.1, 0.15) is 34.5 Å². The van der Waals surface area contributed by atoms with Crippen molar-refractivity contribution in [3.63, 3.8) is 0 Å². The van der Waals surface area contributed by atoms with Crippen molar-refractivity contribution in [2.75, 3.05) is 6.54 Å². The van der Waals surface area contributed by atoms with Crippen LogP contribution in [0.25, 0.3) is 0 Å². The molecule has 0 saturated carbocycles. The van der Waals surface area contributed by atoms with Crippen LogP contribution in [0.15, 0.2) is 28.7 Å². The molecule has 2 aromatic rings. The standard InChI is InChI=1S/C15H17BrClNS/c1-4-18-14(13-8-10(3)15(17)19-13)11-7-9(2)5-6-12(11)16/h5-8,14,18H,4H2,1-3H3. The molecule has 4 heteroatoms. The molecule has 0 spiro atoms. The largest absolute Gasteiger partial charge is 0.306 e. The predicted octanol–water partition coefficient (Wildman–Crippen LogP) is 5.48. The summed E-state index contributed by atoms with van der Waals surface area (Å²) in [6.45, 7) is 7.21. The highest BCUT2D eigenvalue weighted by molar-refractivity contribution is 9.10. The molecule has 0 saturated heterocycles. The molecule has 1 aromatic carbocycles. The Kier molecular flexibility index (Phi) is 5.07. The fraction of sp³-hybridized carbons (Fsp3) is 0.333. The topological polar surface area (TPSA) is 12.0 Å². The van der Waals surface area contributed by atoms with Gasteiger partial charge in [0.05, 0.1) is 10.4 Å². The highest BCUT2D eigenvalue weighted by atomic mass is 79.9. The van der Waals surface area contributed by atoms with E-state index in [0.717, 1.165) is 20.9 Å². The Morgan fingerprint density at radius 3 is 2.63 bits per heavy atom. The lowest BCUT2D eigenvalue weighted by atomic mass is 10.0. The maximum Gasteiger partial charge on any atom is 0.0961 e. The molecule has 0 amide bonds. The molecule has 1 atom stereocenters. The molecular formula is C15H17BrClNS. The van der Waals surface area contributed by atoms with E-state index in [-0.39, 0.29) is 6.04 Å². The molecule has 0 radical (unpaired) electrons. The molecule has 0 aliphatic carbocycles. The number of rotatable bonds is 4. The number of nitrogens with one attached hydrogen (secondary N) is 1. The second-order valence-electron chi connectivity index (χ2n) is 4.62. The normalized spacial score (nSPS) is 12.7. The smallest absolute Gasteiger partial charge is 0.0961 e. The minimum absolute atomic E-state index is 0.190. The summed E-state index contributed by atoms with van der Waals surface area (Å²) in [6.07, 6.45) is 0. The van der Waals surface area contributed by atoms with Crippen molar-refractivity contribution in [2.24, 2.45) is 0 Å². The van der Waals surface area contributed by atoms with Crippen molar-refractivity contribution in [1.82, 2.24) is 5.32 Å². The van der Waals surface area contributed by atoms with Gasteiger partial charge in [-0.05, 0) is 43.7 Å². The quantitative estimate of drug-likeness (QED) is 0.763. The lowest BCUT2D eigenvalue weighted by Gasteiger charge is -2.19. The molecule has 0 aliphatic heterocycles. The van der Waals surface area contributed by atoms with Gasteiger partial charge >= 0.3 is 0 Å². The van der Waals surface area contributed by atoms with Crippen LogP contribution in [0, 0.1) is 13.8 Å². The van der Waals surface area contributed by atoms with E-state index >= 15 is 0 Å². The summed E-state index contributed by atoms with van der Waals surface area (Å²) in [5.74, 6) is 0. The summed E-state index contributed by atoms with van der Waals surface area (Å²) < 4.78 is 2.01. The van der Waals surface area contributed by atoms with Crippen LogP contribution in [0.5, 0.6) is 0 Å². The third-order valence-electron chi connectivity index (χ3n) is 3.03. The molecule has 1 N–H and O–H groups in total. The summed E-state index contributed by atoms with van der Waals surface area (Å²) >= 11 is 11.5. The summed E-state index contributed by atoms with van der Waals surface area (Å²) in [7, 11) is 0. The summed E-state index contributed by atoms with van der Waals surface area (Å²) in [5, 5.41) is 3.55. The van der Waals surface area contributed by atoms with Crippen LogP contribution >= 0.6 is 38.9 Å². The van der Waals surface area contributed by atoms with E-state index in [4.69, 9.17) is 11.6 Å². The fourth-order valence-electron chi connectivity index (χ4n) is 2.08. The van der Waals surface area contributed by atoms with Gasteiger partial charge in [-0.2, -0.15) is 0 Å². The third-order valence-corrected chi connectivity index (χ3v) is 5.37. The molecule has 2 rings (SSSR count). The first-order valence-electron chi connectivity index (χ1n) is 6.28. The SMILES string of the molecule is CCNC(c1cc(C)c(Cl)s1)c1cc(C)ccc1Br. The molecule has 0 aliphatic rings. The summed E-state index contributed by atoms with van der Waals surface area (Å²) in [6, 6.07) is 8.81. The van der Waals surface area contributed by atoms with Crippen molar-refractivity contribution in [3.8, 4) is 0 Å². The van der Waals surface area contributed by atoms with Gasteiger partial charge in [-0.15, -0.1) is 11.3 Å². The van der Waals surface area contributed by atoms with E-state index in [9.17, 15) is 0 Å². The van der Waals surface area contributed by atoms with Crippen LogP contribution < -0.4 is 5.32 Å². The first-order chi connectivity index (χ1) is 9.02. The summed E-state index contributed by atoms with van der Waals surface area (Å²) in [4.78, 5) is 1.26. The Balaban J connectivity index is 2.47. The van der Waals surface area contributed by atoms with E-state index in [1.54, 1.807) is 11.3 Å². The zero-order valence-corrected chi connectivity index (χ0v) is 14.4. The monoisotopic (exact) mass is 357 g/mol. The average Bonchev–Trinajstić information content (AvgIpc) is 2.70. The Hall–Kier alpha value is -0.350. The van der Waals surface area contributed by atoms with Gasteiger partial charge in [0.1, 0.15) is 0 Å². The van der Waals surface area contributed by atoms with Crippen LogP contribution in [0.4, 0.5) is 0 Å². The van der Waals surface area contributed by atoms with E-state index in [0.29, 0.717) is 0 Å². The molecule has 19 heavy (non-hydrogen) atoms.